The van der Waals surface area contributed by atoms with E-state index in [4.69, 9.17) is 4.42 Å². The highest BCUT2D eigenvalue weighted by Crippen LogP contribution is 2.18. The molecule has 1 heterocycles. The van der Waals surface area contributed by atoms with E-state index < -0.39 is 0 Å². The van der Waals surface area contributed by atoms with Gasteiger partial charge in [0.1, 0.15) is 6.26 Å². The van der Waals surface area contributed by atoms with E-state index in [0.29, 0.717) is 19.0 Å². The van der Waals surface area contributed by atoms with Crippen LogP contribution in [-0.4, -0.2) is 34.9 Å². The van der Waals surface area contributed by atoms with Gasteiger partial charge in [-0.05, 0) is 40.0 Å². The van der Waals surface area contributed by atoms with Crippen LogP contribution in [0, 0.1) is 0 Å². The normalized spacial score (nSPS) is 11.7. The summed E-state index contributed by atoms with van der Waals surface area (Å²) in [7, 11) is 1.89. The molecule has 5 nitrogen and oxygen atoms in total. The monoisotopic (exact) mass is 301 g/mol. The van der Waals surface area contributed by atoms with Crippen LogP contribution in [0.4, 0.5) is 0 Å². The second-order valence-electron chi connectivity index (χ2n) is 6.48. The molecule has 0 saturated heterocycles. The SMILES string of the molecule is CN(CC(=O)NC(C)(C)C)Cc1coc(-c2ccccc2)n1. The van der Waals surface area contributed by atoms with Crippen molar-refractivity contribution in [3.63, 3.8) is 0 Å². The molecular formula is C17H23N3O2. The number of likely N-dealkylation sites (N-methyl/N-ethyl adjacent to an activating group) is 1. The summed E-state index contributed by atoms with van der Waals surface area (Å²) in [6.07, 6.45) is 1.64. The highest BCUT2D eigenvalue weighted by molar-refractivity contribution is 5.78. The molecule has 2 rings (SSSR count). The van der Waals surface area contributed by atoms with Gasteiger partial charge < -0.3 is 9.73 Å². The average molecular weight is 301 g/mol. The first-order valence-corrected chi connectivity index (χ1v) is 7.33. The minimum absolute atomic E-state index is 0.00165. The van der Waals surface area contributed by atoms with Gasteiger partial charge in [-0.2, -0.15) is 0 Å². The number of nitrogens with one attached hydrogen (secondary N) is 1. The first-order chi connectivity index (χ1) is 10.3. The molecule has 0 atom stereocenters. The zero-order valence-corrected chi connectivity index (χ0v) is 13.6. The van der Waals surface area contributed by atoms with Gasteiger partial charge in [-0.3, -0.25) is 9.69 Å². The van der Waals surface area contributed by atoms with Gasteiger partial charge in [-0.1, -0.05) is 18.2 Å². The molecule has 0 radical (unpaired) electrons. The Morgan fingerprint density at radius 3 is 2.59 bits per heavy atom. The lowest BCUT2D eigenvalue weighted by Gasteiger charge is -2.22. The number of aromatic nitrogens is 1. The number of benzene rings is 1. The van der Waals surface area contributed by atoms with E-state index in [1.165, 1.54) is 0 Å². The van der Waals surface area contributed by atoms with E-state index in [1.807, 2.05) is 63.1 Å². The summed E-state index contributed by atoms with van der Waals surface area (Å²) in [6, 6.07) is 9.76. The van der Waals surface area contributed by atoms with Crippen LogP contribution < -0.4 is 5.32 Å². The first-order valence-electron chi connectivity index (χ1n) is 7.33. The Morgan fingerprint density at radius 1 is 1.27 bits per heavy atom. The molecule has 1 aromatic carbocycles. The third-order valence-corrected chi connectivity index (χ3v) is 2.93. The molecule has 0 fully saturated rings. The van der Waals surface area contributed by atoms with Crippen molar-refractivity contribution in [2.24, 2.45) is 0 Å². The molecule has 5 heteroatoms. The Kier molecular flexibility index (Phi) is 4.98. The maximum absolute atomic E-state index is 11.9. The van der Waals surface area contributed by atoms with Crippen molar-refractivity contribution in [3.8, 4) is 11.5 Å². The van der Waals surface area contributed by atoms with Crippen LogP contribution in [0.2, 0.25) is 0 Å². The molecule has 1 amide bonds. The number of hydrogen-bond acceptors (Lipinski definition) is 4. The van der Waals surface area contributed by atoms with E-state index in [9.17, 15) is 4.79 Å². The van der Waals surface area contributed by atoms with E-state index in [0.717, 1.165) is 11.3 Å². The lowest BCUT2D eigenvalue weighted by molar-refractivity contribution is -0.123. The zero-order valence-electron chi connectivity index (χ0n) is 13.6. The van der Waals surface area contributed by atoms with Gasteiger partial charge in [0, 0.05) is 17.6 Å². The van der Waals surface area contributed by atoms with Gasteiger partial charge in [0.15, 0.2) is 0 Å². The minimum Gasteiger partial charge on any atom is -0.444 e. The second kappa shape index (κ2) is 6.75. The van der Waals surface area contributed by atoms with E-state index in [-0.39, 0.29) is 11.4 Å². The van der Waals surface area contributed by atoms with Crippen LogP contribution in [0.5, 0.6) is 0 Å². The Bertz CT molecular complexity index is 614. The van der Waals surface area contributed by atoms with Gasteiger partial charge in [0.2, 0.25) is 11.8 Å². The molecule has 0 aliphatic carbocycles. The standard InChI is InChI=1S/C17H23N3O2/c1-17(2,3)19-15(21)11-20(4)10-14-12-22-16(18-14)13-8-6-5-7-9-13/h5-9,12H,10-11H2,1-4H3,(H,19,21). The zero-order chi connectivity index (χ0) is 16.2. The average Bonchev–Trinajstić information content (AvgIpc) is 2.85. The lowest BCUT2D eigenvalue weighted by Crippen LogP contribution is -2.45. The fraction of sp³-hybridized carbons (Fsp3) is 0.412. The number of amides is 1. The van der Waals surface area contributed by atoms with Crippen molar-refractivity contribution in [2.45, 2.75) is 32.9 Å². The highest BCUT2D eigenvalue weighted by Gasteiger charge is 2.16. The van der Waals surface area contributed by atoms with Crippen molar-refractivity contribution in [2.75, 3.05) is 13.6 Å². The molecule has 1 aromatic heterocycles. The fourth-order valence-electron chi connectivity index (χ4n) is 2.13. The minimum atomic E-state index is -0.216. The molecule has 0 bridgehead atoms. The van der Waals surface area contributed by atoms with E-state index in [2.05, 4.69) is 10.3 Å². The smallest absolute Gasteiger partial charge is 0.234 e. The topological polar surface area (TPSA) is 58.4 Å². The highest BCUT2D eigenvalue weighted by atomic mass is 16.3. The largest absolute Gasteiger partial charge is 0.444 e. The van der Waals surface area contributed by atoms with Crippen molar-refractivity contribution in [1.82, 2.24) is 15.2 Å². The van der Waals surface area contributed by atoms with Gasteiger partial charge >= 0.3 is 0 Å². The molecule has 22 heavy (non-hydrogen) atoms. The van der Waals surface area contributed by atoms with Gasteiger partial charge in [0.05, 0.1) is 12.2 Å². The Morgan fingerprint density at radius 2 is 1.95 bits per heavy atom. The van der Waals surface area contributed by atoms with E-state index >= 15 is 0 Å². The summed E-state index contributed by atoms with van der Waals surface area (Å²) in [6.45, 7) is 6.79. The van der Waals surface area contributed by atoms with Crippen molar-refractivity contribution in [3.05, 3.63) is 42.3 Å². The molecule has 118 valence electrons. The quantitative estimate of drug-likeness (QED) is 0.922. The number of carbonyl (C=O) groups excluding carboxylic acids is 1. The Labute approximate surface area is 131 Å². The predicted molar refractivity (Wildman–Crippen MR) is 86.2 cm³/mol. The number of carbonyl (C=O) groups is 1. The fourth-order valence-corrected chi connectivity index (χ4v) is 2.13. The number of nitrogens with zero attached hydrogens (tertiary/aromatic N) is 2. The summed E-state index contributed by atoms with van der Waals surface area (Å²) in [5.74, 6) is 0.602. The Hall–Kier alpha value is -2.14. The van der Waals surface area contributed by atoms with Gasteiger partial charge in [0.25, 0.3) is 0 Å². The third kappa shape index (κ3) is 5.00. The number of oxazole rings is 1. The van der Waals surface area contributed by atoms with Gasteiger partial charge in [-0.15, -0.1) is 0 Å². The second-order valence-corrected chi connectivity index (χ2v) is 6.48. The molecule has 0 aliphatic heterocycles. The summed E-state index contributed by atoms with van der Waals surface area (Å²) in [4.78, 5) is 18.3. The van der Waals surface area contributed by atoms with Gasteiger partial charge in [-0.25, -0.2) is 4.98 Å². The molecular weight excluding hydrogens is 278 g/mol. The van der Waals surface area contributed by atoms with Crippen molar-refractivity contribution in [1.29, 1.82) is 0 Å². The van der Waals surface area contributed by atoms with Crippen molar-refractivity contribution < 1.29 is 9.21 Å². The molecule has 1 N–H and O–H groups in total. The van der Waals surface area contributed by atoms with Crippen LogP contribution in [0.1, 0.15) is 26.5 Å². The summed E-state index contributed by atoms with van der Waals surface area (Å²) < 4.78 is 5.50. The maximum atomic E-state index is 11.9. The summed E-state index contributed by atoms with van der Waals surface area (Å²) in [5, 5.41) is 2.94. The predicted octanol–water partition coefficient (Wildman–Crippen LogP) is 2.69. The Balaban J connectivity index is 1.91. The van der Waals surface area contributed by atoms with Crippen LogP contribution in [0.25, 0.3) is 11.5 Å². The molecule has 2 aromatic rings. The van der Waals surface area contributed by atoms with Crippen LogP contribution >= 0.6 is 0 Å². The van der Waals surface area contributed by atoms with Crippen LogP contribution in [0.15, 0.2) is 41.0 Å². The van der Waals surface area contributed by atoms with Crippen LogP contribution in [0.3, 0.4) is 0 Å². The molecule has 0 saturated carbocycles. The van der Waals surface area contributed by atoms with E-state index in [1.54, 1.807) is 6.26 Å². The van der Waals surface area contributed by atoms with Crippen LogP contribution in [-0.2, 0) is 11.3 Å². The third-order valence-electron chi connectivity index (χ3n) is 2.93. The number of hydrogen-bond donors (Lipinski definition) is 1. The maximum Gasteiger partial charge on any atom is 0.234 e. The molecule has 0 unspecified atom stereocenters. The summed E-state index contributed by atoms with van der Waals surface area (Å²) >= 11 is 0. The molecule has 0 aliphatic rings. The number of rotatable bonds is 5. The molecule has 0 spiro atoms. The van der Waals surface area contributed by atoms with Crippen molar-refractivity contribution >= 4 is 5.91 Å². The first kappa shape index (κ1) is 16.2. The lowest BCUT2D eigenvalue weighted by atomic mass is 10.1. The summed E-state index contributed by atoms with van der Waals surface area (Å²) in [5.41, 5.74) is 1.54.